The smallest absolute Gasteiger partial charge is 0.217 e. The molecule has 1 aliphatic heterocycles. The Bertz CT molecular complexity index is 235. The van der Waals surface area contributed by atoms with Crippen LogP contribution in [0.5, 0.6) is 0 Å². The van der Waals surface area contributed by atoms with Gasteiger partial charge in [-0.1, -0.05) is 0 Å². The number of rotatable bonds is 3. The van der Waals surface area contributed by atoms with E-state index in [4.69, 9.17) is 9.84 Å². The molecule has 1 rings (SSSR count). The lowest BCUT2D eigenvalue weighted by Crippen LogP contribution is -2.48. The van der Waals surface area contributed by atoms with Gasteiger partial charge in [0.05, 0.1) is 6.61 Å². The van der Waals surface area contributed by atoms with E-state index >= 15 is 0 Å². The highest BCUT2D eigenvalue weighted by Gasteiger charge is 2.46. The van der Waals surface area contributed by atoms with Gasteiger partial charge in [-0.25, -0.2) is 0 Å². The summed E-state index contributed by atoms with van der Waals surface area (Å²) in [6, 6.07) is -0.992. The third kappa shape index (κ3) is 2.64. The summed E-state index contributed by atoms with van der Waals surface area (Å²) in [6.45, 7) is 0.635. The Hall–Kier alpha value is -0.730. The second-order valence-corrected chi connectivity index (χ2v) is 3.46. The van der Waals surface area contributed by atoms with Crippen molar-refractivity contribution >= 4 is 5.91 Å². The zero-order valence-corrected chi connectivity index (χ0v) is 8.20. The standard InChI is InChI=1S/C8H15NO6/c1-3(11)9-5-6(13)7(4(12)2-10)15-8(5)14/h4-8,10,12-14H,2H2,1H3,(H,9,11). The fourth-order valence-corrected chi connectivity index (χ4v) is 1.51. The fourth-order valence-electron chi connectivity index (χ4n) is 1.51. The van der Waals surface area contributed by atoms with Crippen LogP contribution in [0.15, 0.2) is 0 Å². The van der Waals surface area contributed by atoms with E-state index in [1.807, 2.05) is 0 Å². The summed E-state index contributed by atoms with van der Waals surface area (Å²) in [7, 11) is 0. The average molecular weight is 221 g/mol. The SMILES string of the molecule is CC(=O)NC1C(O)OC(C(O)CO)C1O. The molecule has 1 aliphatic rings. The summed E-state index contributed by atoms with van der Waals surface area (Å²) >= 11 is 0. The number of aliphatic hydroxyl groups is 4. The van der Waals surface area contributed by atoms with Gasteiger partial charge >= 0.3 is 0 Å². The first-order valence-corrected chi connectivity index (χ1v) is 4.55. The molecule has 1 heterocycles. The van der Waals surface area contributed by atoms with Crippen LogP contribution in [-0.4, -0.2) is 63.6 Å². The number of carbonyl (C=O) groups is 1. The topological polar surface area (TPSA) is 119 Å². The fraction of sp³-hybridized carbons (Fsp3) is 0.875. The van der Waals surface area contributed by atoms with Gasteiger partial charge in [-0.2, -0.15) is 0 Å². The summed E-state index contributed by atoms with van der Waals surface area (Å²) in [5.74, 6) is -0.430. The molecule has 5 N–H and O–H groups in total. The van der Waals surface area contributed by atoms with Crippen molar-refractivity contribution in [3.8, 4) is 0 Å². The maximum Gasteiger partial charge on any atom is 0.217 e. The molecule has 0 aliphatic carbocycles. The Morgan fingerprint density at radius 3 is 2.60 bits per heavy atom. The monoisotopic (exact) mass is 221 g/mol. The first-order valence-electron chi connectivity index (χ1n) is 4.55. The predicted molar refractivity (Wildman–Crippen MR) is 47.6 cm³/mol. The molecule has 5 unspecified atom stereocenters. The second-order valence-electron chi connectivity index (χ2n) is 3.46. The highest BCUT2D eigenvalue weighted by atomic mass is 16.6. The molecule has 0 spiro atoms. The molecule has 7 heteroatoms. The van der Waals surface area contributed by atoms with Crippen LogP contribution in [0.4, 0.5) is 0 Å². The molecule has 0 radical (unpaired) electrons. The van der Waals surface area contributed by atoms with E-state index in [9.17, 15) is 20.1 Å². The number of amides is 1. The van der Waals surface area contributed by atoms with E-state index in [0.717, 1.165) is 0 Å². The zero-order valence-electron chi connectivity index (χ0n) is 8.20. The Morgan fingerprint density at radius 1 is 1.53 bits per heavy atom. The van der Waals surface area contributed by atoms with Crippen LogP contribution < -0.4 is 5.32 Å². The van der Waals surface area contributed by atoms with Crippen molar-refractivity contribution in [2.45, 2.75) is 37.6 Å². The van der Waals surface area contributed by atoms with Crippen LogP contribution in [-0.2, 0) is 9.53 Å². The molecular weight excluding hydrogens is 206 g/mol. The molecule has 7 nitrogen and oxygen atoms in total. The van der Waals surface area contributed by atoms with Crippen molar-refractivity contribution in [2.24, 2.45) is 0 Å². The Balaban J connectivity index is 2.65. The quantitative estimate of drug-likeness (QED) is 0.345. The second kappa shape index (κ2) is 4.86. The van der Waals surface area contributed by atoms with Crippen LogP contribution in [0.25, 0.3) is 0 Å². The third-order valence-corrected chi connectivity index (χ3v) is 2.24. The third-order valence-electron chi connectivity index (χ3n) is 2.24. The molecule has 5 atom stereocenters. The predicted octanol–water partition coefficient (Wildman–Crippen LogP) is -3.08. The minimum absolute atomic E-state index is 0.430. The van der Waals surface area contributed by atoms with Crippen LogP contribution in [0.1, 0.15) is 6.92 Å². The van der Waals surface area contributed by atoms with Gasteiger partial charge in [0.2, 0.25) is 5.91 Å². The van der Waals surface area contributed by atoms with Crippen molar-refractivity contribution in [1.82, 2.24) is 5.32 Å². The van der Waals surface area contributed by atoms with E-state index in [1.165, 1.54) is 6.92 Å². The normalized spacial score (nSPS) is 37.7. The van der Waals surface area contributed by atoms with Crippen LogP contribution in [0, 0.1) is 0 Å². The van der Waals surface area contributed by atoms with Crippen molar-refractivity contribution < 1.29 is 30.0 Å². The van der Waals surface area contributed by atoms with Gasteiger partial charge in [0.1, 0.15) is 24.4 Å². The van der Waals surface area contributed by atoms with Gasteiger partial charge < -0.3 is 30.5 Å². The molecular formula is C8H15NO6. The first-order chi connectivity index (χ1) is 6.97. The van der Waals surface area contributed by atoms with Gasteiger partial charge in [-0.05, 0) is 0 Å². The van der Waals surface area contributed by atoms with Gasteiger partial charge in [0.25, 0.3) is 0 Å². The summed E-state index contributed by atoms with van der Waals surface area (Å²) in [5.41, 5.74) is 0. The van der Waals surface area contributed by atoms with E-state index in [0.29, 0.717) is 0 Å². The molecule has 1 fully saturated rings. The number of aliphatic hydroxyl groups excluding tert-OH is 4. The molecule has 88 valence electrons. The van der Waals surface area contributed by atoms with Crippen molar-refractivity contribution in [3.05, 3.63) is 0 Å². The van der Waals surface area contributed by atoms with Gasteiger partial charge in [0, 0.05) is 6.92 Å². The Labute approximate surface area is 86.3 Å². The van der Waals surface area contributed by atoms with Crippen molar-refractivity contribution in [3.63, 3.8) is 0 Å². The molecule has 1 amide bonds. The average Bonchev–Trinajstić information content (AvgIpc) is 2.44. The van der Waals surface area contributed by atoms with Gasteiger partial charge in [-0.3, -0.25) is 4.79 Å². The molecule has 0 bridgehead atoms. The first kappa shape index (κ1) is 12.3. The van der Waals surface area contributed by atoms with E-state index in [2.05, 4.69) is 5.32 Å². The number of nitrogens with one attached hydrogen (secondary N) is 1. The Kier molecular flexibility index (Phi) is 4.00. The highest BCUT2D eigenvalue weighted by molar-refractivity contribution is 5.73. The Morgan fingerprint density at radius 2 is 2.13 bits per heavy atom. The molecule has 0 aromatic heterocycles. The van der Waals surface area contributed by atoms with Crippen molar-refractivity contribution in [1.29, 1.82) is 0 Å². The van der Waals surface area contributed by atoms with E-state index in [1.54, 1.807) is 0 Å². The summed E-state index contributed by atoms with van der Waals surface area (Å²) in [5, 5.41) is 39.1. The molecule has 15 heavy (non-hydrogen) atoms. The summed E-state index contributed by atoms with van der Waals surface area (Å²) in [4.78, 5) is 10.7. The van der Waals surface area contributed by atoms with Gasteiger partial charge in [-0.15, -0.1) is 0 Å². The molecule has 0 aromatic carbocycles. The lowest BCUT2D eigenvalue weighted by atomic mass is 10.0. The number of hydrogen-bond donors (Lipinski definition) is 5. The zero-order chi connectivity index (χ0) is 11.6. The summed E-state index contributed by atoms with van der Waals surface area (Å²) in [6.07, 6.45) is -5.06. The number of hydrogen-bond acceptors (Lipinski definition) is 6. The van der Waals surface area contributed by atoms with E-state index in [-0.39, 0.29) is 0 Å². The molecule has 1 saturated heterocycles. The maximum absolute atomic E-state index is 10.7. The van der Waals surface area contributed by atoms with Crippen LogP contribution in [0.3, 0.4) is 0 Å². The highest BCUT2D eigenvalue weighted by Crippen LogP contribution is 2.22. The van der Waals surface area contributed by atoms with Crippen molar-refractivity contribution in [2.75, 3.05) is 6.61 Å². The van der Waals surface area contributed by atoms with Gasteiger partial charge in [0.15, 0.2) is 6.29 Å². The lowest BCUT2D eigenvalue weighted by molar-refractivity contribution is -0.141. The minimum Gasteiger partial charge on any atom is -0.394 e. The summed E-state index contributed by atoms with van der Waals surface area (Å²) < 4.78 is 4.82. The number of ether oxygens (including phenoxy) is 1. The maximum atomic E-state index is 10.7. The number of carbonyl (C=O) groups excluding carboxylic acids is 1. The molecule has 0 saturated carbocycles. The lowest BCUT2D eigenvalue weighted by Gasteiger charge is -2.20. The van der Waals surface area contributed by atoms with Crippen LogP contribution in [0.2, 0.25) is 0 Å². The minimum atomic E-state index is -1.39. The van der Waals surface area contributed by atoms with E-state index < -0.39 is 43.2 Å². The molecule has 0 aromatic rings. The largest absolute Gasteiger partial charge is 0.394 e. The van der Waals surface area contributed by atoms with Crippen LogP contribution >= 0.6 is 0 Å².